The SMILES string of the molecule is COc1ccc(C)cc1NC(=S)Nc1ccc(C(=O)OC(C)C)cc1. The Morgan fingerprint density at radius 1 is 1.08 bits per heavy atom. The maximum Gasteiger partial charge on any atom is 0.338 e. The van der Waals surface area contributed by atoms with Gasteiger partial charge in [-0.15, -0.1) is 0 Å². The number of thiocarbonyl (C=S) groups is 1. The second kappa shape index (κ2) is 8.48. The van der Waals surface area contributed by atoms with E-state index in [4.69, 9.17) is 21.7 Å². The number of ether oxygens (including phenoxy) is 2. The molecule has 5 nitrogen and oxygen atoms in total. The van der Waals surface area contributed by atoms with E-state index in [1.165, 1.54) is 0 Å². The first-order chi connectivity index (χ1) is 11.9. The van der Waals surface area contributed by atoms with Crippen molar-refractivity contribution >= 4 is 34.7 Å². The summed E-state index contributed by atoms with van der Waals surface area (Å²) in [4.78, 5) is 11.8. The number of carbonyl (C=O) groups excluding carboxylic acids is 1. The first-order valence-corrected chi connectivity index (χ1v) is 8.33. The fourth-order valence-corrected chi connectivity index (χ4v) is 2.40. The van der Waals surface area contributed by atoms with E-state index in [9.17, 15) is 4.79 Å². The Morgan fingerprint density at radius 3 is 2.36 bits per heavy atom. The van der Waals surface area contributed by atoms with Gasteiger partial charge in [0.25, 0.3) is 0 Å². The Balaban J connectivity index is 2.01. The molecule has 0 unspecified atom stereocenters. The van der Waals surface area contributed by atoms with Crippen LogP contribution in [0.2, 0.25) is 0 Å². The third-order valence-corrected chi connectivity index (χ3v) is 3.53. The standard InChI is InChI=1S/C19H22N2O3S/c1-12(2)24-18(22)14-6-8-15(9-7-14)20-19(25)21-16-11-13(3)5-10-17(16)23-4/h5-12H,1-4H3,(H2,20,21,25). The first kappa shape index (κ1) is 18.7. The van der Waals surface area contributed by atoms with Gasteiger partial charge < -0.3 is 20.1 Å². The zero-order chi connectivity index (χ0) is 18.4. The predicted molar refractivity (Wildman–Crippen MR) is 105 cm³/mol. The van der Waals surface area contributed by atoms with Crippen LogP contribution in [-0.4, -0.2) is 24.3 Å². The summed E-state index contributed by atoms with van der Waals surface area (Å²) >= 11 is 5.34. The average Bonchev–Trinajstić information content (AvgIpc) is 2.55. The van der Waals surface area contributed by atoms with Gasteiger partial charge in [-0.3, -0.25) is 0 Å². The molecule has 0 saturated heterocycles. The molecule has 0 fully saturated rings. The highest BCUT2D eigenvalue weighted by atomic mass is 32.1. The number of nitrogens with one attached hydrogen (secondary N) is 2. The van der Waals surface area contributed by atoms with Gasteiger partial charge in [-0.25, -0.2) is 4.79 Å². The quantitative estimate of drug-likeness (QED) is 0.611. The smallest absolute Gasteiger partial charge is 0.338 e. The summed E-state index contributed by atoms with van der Waals surface area (Å²) < 4.78 is 10.5. The van der Waals surface area contributed by atoms with Gasteiger partial charge in [-0.1, -0.05) is 6.07 Å². The van der Waals surface area contributed by atoms with Crippen LogP contribution in [0.5, 0.6) is 5.75 Å². The number of carbonyl (C=O) groups is 1. The molecule has 0 amide bonds. The number of benzene rings is 2. The van der Waals surface area contributed by atoms with E-state index in [2.05, 4.69) is 10.6 Å². The van der Waals surface area contributed by atoms with Crippen molar-refractivity contribution < 1.29 is 14.3 Å². The normalized spacial score (nSPS) is 10.3. The Labute approximate surface area is 153 Å². The second-order valence-electron chi connectivity index (χ2n) is 5.81. The molecule has 6 heteroatoms. The van der Waals surface area contributed by atoms with Crippen molar-refractivity contribution in [1.29, 1.82) is 0 Å². The Kier molecular flexibility index (Phi) is 6.36. The fourth-order valence-electron chi connectivity index (χ4n) is 2.18. The maximum absolute atomic E-state index is 11.8. The van der Waals surface area contributed by atoms with Crippen molar-refractivity contribution in [2.45, 2.75) is 26.9 Å². The average molecular weight is 358 g/mol. The van der Waals surface area contributed by atoms with Crippen molar-refractivity contribution in [2.24, 2.45) is 0 Å². The minimum Gasteiger partial charge on any atom is -0.495 e. The molecular formula is C19H22N2O3S. The van der Waals surface area contributed by atoms with E-state index in [0.29, 0.717) is 16.4 Å². The lowest BCUT2D eigenvalue weighted by Gasteiger charge is -2.14. The fraction of sp³-hybridized carbons (Fsp3) is 0.263. The Morgan fingerprint density at radius 2 is 1.76 bits per heavy atom. The van der Waals surface area contributed by atoms with Crippen molar-refractivity contribution in [3.63, 3.8) is 0 Å². The third-order valence-electron chi connectivity index (χ3n) is 3.32. The molecule has 0 heterocycles. The summed E-state index contributed by atoms with van der Waals surface area (Å²) in [5.74, 6) is 0.369. The van der Waals surface area contributed by atoms with E-state index in [1.54, 1.807) is 31.4 Å². The first-order valence-electron chi connectivity index (χ1n) is 7.92. The van der Waals surface area contributed by atoms with Gasteiger partial charge in [0.1, 0.15) is 5.75 Å². The Bertz CT molecular complexity index is 758. The van der Waals surface area contributed by atoms with Crippen LogP contribution in [0.15, 0.2) is 42.5 Å². The topological polar surface area (TPSA) is 59.6 Å². The van der Waals surface area contributed by atoms with Crippen LogP contribution in [0.25, 0.3) is 0 Å². The summed E-state index contributed by atoms with van der Waals surface area (Å²) in [5, 5.41) is 6.63. The van der Waals surface area contributed by atoms with Crippen LogP contribution in [0.4, 0.5) is 11.4 Å². The lowest BCUT2D eigenvalue weighted by Crippen LogP contribution is -2.19. The largest absolute Gasteiger partial charge is 0.495 e. The lowest BCUT2D eigenvalue weighted by atomic mass is 10.2. The molecule has 0 aliphatic rings. The molecule has 0 aliphatic heterocycles. The van der Waals surface area contributed by atoms with Gasteiger partial charge in [0.2, 0.25) is 0 Å². The van der Waals surface area contributed by atoms with Gasteiger partial charge in [0, 0.05) is 5.69 Å². The summed E-state index contributed by atoms with van der Waals surface area (Å²) in [7, 11) is 1.61. The maximum atomic E-state index is 11.8. The lowest BCUT2D eigenvalue weighted by molar-refractivity contribution is 0.0378. The molecule has 132 valence electrons. The van der Waals surface area contributed by atoms with Crippen LogP contribution in [0.1, 0.15) is 29.8 Å². The molecule has 25 heavy (non-hydrogen) atoms. The summed E-state index contributed by atoms with van der Waals surface area (Å²) in [6, 6.07) is 12.8. The molecule has 0 saturated carbocycles. The molecule has 0 bridgehead atoms. The van der Waals surface area contributed by atoms with E-state index >= 15 is 0 Å². The van der Waals surface area contributed by atoms with Crippen molar-refractivity contribution in [3.05, 3.63) is 53.6 Å². The molecule has 0 atom stereocenters. The van der Waals surface area contributed by atoms with Crippen LogP contribution in [0, 0.1) is 6.92 Å². The molecule has 2 aromatic rings. The molecule has 0 radical (unpaired) electrons. The number of rotatable bonds is 5. The minimum absolute atomic E-state index is 0.147. The highest BCUT2D eigenvalue weighted by Gasteiger charge is 2.09. The van der Waals surface area contributed by atoms with Crippen molar-refractivity contribution in [1.82, 2.24) is 0 Å². The third kappa shape index (κ3) is 5.46. The summed E-state index contributed by atoms with van der Waals surface area (Å²) in [6.45, 7) is 5.63. The second-order valence-corrected chi connectivity index (χ2v) is 6.22. The van der Waals surface area contributed by atoms with Gasteiger partial charge >= 0.3 is 5.97 Å². The van der Waals surface area contributed by atoms with Crippen LogP contribution in [0.3, 0.4) is 0 Å². The van der Waals surface area contributed by atoms with Crippen molar-refractivity contribution in [3.8, 4) is 5.75 Å². The highest BCUT2D eigenvalue weighted by Crippen LogP contribution is 2.25. The number of methoxy groups -OCH3 is 1. The number of hydrogen-bond donors (Lipinski definition) is 2. The van der Waals surface area contributed by atoms with Gasteiger partial charge in [-0.05, 0) is 75.0 Å². The summed E-state index contributed by atoms with van der Waals surface area (Å²) in [6.07, 6.45) is -0.147. The summed E-state index contributed by atoms with van der Waals surface area (Å²) in [5.41, 5.74) is 3.15. The molecule has 0 spiro atoms. The molecule has 2 rings (SSSR count). The van der Waals surface area contributed by atoms with Crippen LogP contribution < -0.4 is 15.4 Å². The zero-order valence-corrected chi connectivity index (χ0v) is 15.6. The van der Waals surface area contributed by atoms with E-state index in [1.807, 2.05) is 39.0 Å². The van der Waals surface area contributed by atoms with E-state index < -0.39 is 0 Å². The van der Waals surface area contributed by atoms with Gasteiger partial charge in [0.15, 0.2) is 5.11 Å². The monoisotopic (exact) mass is 358 g/mol. The van der Waals surface area contributed by atoms with E-state index in [0.717, 1.165) is 16.9 Å². The number of anilines is 2. The molecule has 2 N–H and O–H groups in total. The van der Waals surface area contributed by atoms with E-state index in [-0.39, 0.29) is 12.1 Å². The Hall–Kier alpha value is -2.60. The molecule has 0 aromatic heterocycles. The number of hydrogen-bond acceptors (Lipinski definition) is 4. The van der Waals surface area contributed by atoms with Crippen molar-refractivity contribution in [2.75, 3.05) is 17.7 Å². The number of aryl methyl sites for hydroxylation is 1. The molecule has 0 aliphatic carbocycles. The van der Waals surface area contributed by atoms with Crippen LogP contribution >= 0.6 is 12.2 Å². The highest BCUT2D eigenvalue weighted by molar-refractivity contribution is 7.80. The van der Waals surface area contributed by atoms with Gasteiger partial charge in [-0.2, -0.15) is 0 Å². The van der Waals surface area contributed by atoms with Gasteiger partial charge in [0.05, 0.1) is 24.5 Å². The number of esters is 1. The predicted octanol–water partition coefficient (Wildman–Crippen LogP) is 4.38. The zero-order valence-electron chi connectivity index (χ0n) is 14.8. The van der Waals surface area contributed by atoms with Crippen LogP contribution in [-0.2, 0) is 4.74 Å². The molecular weight excluding hydrogens is 336 g/mol. The molecule has 2 aromatic carbocycles. The minimum atomic E-state index is -0.341.